The van der Waals surface area contributed by atoms with Crippen molar-refractivity contribution < 1.29 is 4.79 Å². The van der Waals surface area contributed by atoms with Crippen molar-refractivity contribution >= 4 is 11.6 Å². The van der Waals surface area contributed by atoms with Gasteiger partial charge in [-0.05, 0) is 56.1 Å². The van der Waals surface area contributed by atoms with Crippen LogP contribution in [0.25, 0.3) is 5.69 Å². The van der Waals surface area contributed by atoms with Crippen molar-refractivity contribution in [3.63, 3.8) is 0 Å². The van der Waals surface area contributed by atoms with E-state index in [9.17, 15) is 4.79 Å². The molecular formula is C16H20N4O. The Morgan fingerprint density at radius 3 is 2.90 bits per heavy atom. The lowest BCUT2D eigenvalue weighted by atomic mass is 10.0. The average Bonchev–Trinajstić information content (AvgIpc) is 3.19. The molecule has 110 valence electrons. The first-order valence-corrected chi connectivity index (χ1v) is 7.40. The van der Waals surface area contributed by atoms with Gasteiger partial charge in [-0.3, -0.25) is 4.79 Å². The normalized spacial score (nSPS) is 17.8. The highest BCUT2D eigenvalue weighted by molar-refractivity contribution is 5.90. The molecule has 3 rings (SSSR count). The maximum Gasteiger partial charge on any atom is 0.224 e. The minimum atomic E-state index is 0.0947. The largest absolute Gasteiger partial charge is 0.326 e. The first-order valence-electron chi connectivity index (χ1n) is 7.40. The van der Waals surface area contributed by atoms with Crippen molar-refractivity contribution in [1.82, 2.24) is 14.9 Å². The summed E-state index contributed by atoms with van der Waals surface area (Å²) in [6, 6.07) is 7.78. The molecule has 0 radical (unpaired) electrons. The molecule has 2 heterocycles. The van der Waals surface area contributed by atoms with Gasteiger partial charge in [0.2, 0.25) is 5.91 Å². The molecule has 0 spiro atoms. The van der Waals surface area contributed by atoms with Crippen LogP contribution >= 0.6 is 0 Å². The number of hydrogen-bond acceptors (Lipinski definition) is 3. The molecule has 1 aliphatic heterocycles. The van der Waals surface area contributed by atoms with E-state index < -0.39 is 0 Å². The van der Waals surface area contributed by atoms with Crippen molar-refractivity contribution in [2.75, 3.05) is 18.4 Å². The van der Waals surface area contributed by atoms with E-state index in [1.165, 1.54) is 6.42 Å². The smallest absolute Gasteiger partial charge is 0.224 e. The summed E-state index contributed by atoms with van der Waals surface area (Å²) in [5, 5.41) is 6.28. The Morgan fingerprint density at radius 2 is 2.24 bits per heavy atom. The van der Waals surface area contributed by atoms with Crippen LogP contribution in [0.15, 0.2) is 43.0 Å². The number of carbonyl (C=O) groups excluding carboxylic acids is 1. The Labute approximate surface area is 124 Å². The molecule has 2 N–H and O–H groups in total. The third kappa shape index (κ3) is 3.70. The van der Waals surface area contributed by atoms with Crippen molar-refractivity contribution in [3.8, 4) is 5.69 Å². The fourth-order valence-electron chi connectivity index (χ4n) is 2.65. The van der Waals surface area contributed by atoms with Crippen LogP contribution in [0, 0.1) is 5.92 Å². The molecule has 1 aromatic heterocycles. The van der Waals surface area contributed by atoms with Crippen molar-refractivity contribution in [2.45, 2.75) is 19.3 Å². The summed E-state index contributed by atoms with van der Waals surface area (Å²) in [7, 11) is 0. The summed E-state index contributed by atoms with van der Waals surface area (Å²) in [6.45, 7) is 2.13. The summed E-state index contributed by atoms with van der Waals surface area (Å²) in [5.41, 5.74) is 1.87. The number of anilines is 1. The summed E-state index contributed by atoms with van der Waals surface area (Å²) in [4.78, 5) is 16.0. The molecule has 21 heavy (non-hydrogen) atoms. The maximum absolute atomic E-state index is 11.9. The number of imidazole rings is 1. The van der Waals surface area contributed by atoms with E-state index in [1.807, 2.05) is 35.0 Å². The van der Waals surface area contributed by atoms with Crippen molar-refractivity contribution in [3.05, 3.63) is 43.0 Å². The van der Waals surface area contributed by atoms with Gasteiger partial charge in [-0.1, -0.05) is 0 Å². The molecule has 0 saturated carbocycles. The van der Waals surface area contributed by atoms with Crippen LogP contribution in [-0.2, 0) is 4.79 Å². The second-order valence-corrected chi connectivity index (χ2v) is 5.46. The molecule has 1 aliphatic rings. The van der Waals surface area contributed by atoms with E-state index in [-0.39, 0.29) is 5.91 Å². The molecule has 5 heteroatoms. The minimum Gasteiger partial charge on any atom is -0.326 e. The molecular weight excluding hydrogens is 264 g/mol. The number of nitrogens with one attached hydrogen (secondary N) is 2. The van der Waals surface area contributed by atoms with Crippen LogP contribution in [0.4, 0.5) is 5.69 Å². The second-order valence-electron chi connectivity index (χ2n) is 5.46. The highest BCUT2D eigenvalue weighted by Crippen LogP contribution is 2.16. The van der Waals surface area contributed by atoms with E-state index >= 15 is 0 Å². The highest BCUT2D eigenvalue weighted by atomic mass is 16.1. The molecule has 2 aromatic rings. The first kappa shape index (κ1) is 13.8. The van der Waals surface area contributed by atoms with Crippen LogP contribution in [0.3, 0.4) is 0 Å². The van der Waals surface area contributed by atoms with Gasteiger partial charge in [0.15, 0.2) is 0 Å². The average molecular weight is 284 g/mol. The lowest BCUT2D eigenvalue weighted by Crippen LogP contribution is -2.15. The number of aromatic nitrogens is 2. The van der Waals surface area contributed by atoms with Crippen molar-refractivity contribution in [2.24, 2.45) is 5.92 Å². The summed E-state index contributed by atoms with van der Waals surface area (Å²) in [5.74, 6) is 0.747. The van der Waals surface area contributed by atoms with Gasteiger partial charge in [0.05, 0.1) is 6.33 Å². The predicted molar refractivity (Wildman–Crippen MR) is 82.4 cm³/mol. The molecule has 5 nitrogen and oxygen atoms in total. The Bertz CT molecular complexity index is 571. The zero-order chi connectivity index (χ0) is 14.5. The quantitative estimate of drug-likeness (QED) is 0.885. The van der Waals surface area contributed by atoms with Gasteiger partial charge in [-0.25, -0.2) is 4.98 Å². The number of carbonyl (C=O) groups is 1. The fourth-order valence-corrected chi connectivity index (χ4v) is 2.65. The lowest BCUT2D eigenvalue weighted by Gasteiger charge is -2.09. The molecule has 1 unspecified atom stereocenters. The summed E-state index contributed by atoms with van der Waals surface area (Å²) >= 11 is 0. The van der Waals surface area contributed by atoms with Gasteiger partial charge in [0.25, 0.3) is 0 Å². The van der Waals surface area contributed by atoms with Gasteiger partial charge in [0.1, 0.15) is 0 Å². The Kier molecular flexibility index (Phi) is 4.31. The zero-order valence-corrected chi connectivity index (χ0v) is 12.0. The van der Waals surface area contributed by atoms with Crippen LogP contribution in [-0.4, -0.2) is 28.5 Å². The number of nitrogens with zero attached hydrogens (tertiary/aromatic N) is 2. The topological polar surface area (TPSA) is 59.0 Å². The number of hydrogen-bond donors (Lipinski definition) is 2. The van der Waals surface area contributed by atoms with Crippen LogP contribution < -0.4 is 10.6 Å². The Balaban J connectivity index is 1.51. The summed E-state index contributed by atoms with van der Waals surface area (Å²) in [6.07, 6.45) is 8.13. The maximum atomic E-state index is 11.9. The number of amides is 1. The minimum absolute atomic E-state index is 0.0947. The fraction of sp³-hybridized carbons (Fsp3) is 0.375. The van der Waals surface area contributed by atoms with Crippen molar-refractivity contribution in [1.29, 1.82) is 0 Å². The van der Waals surface area contributed by atoms with Gasteiger partial charge >= 0.3 is 0 Å². The zero-order valence-electron chi connectivity index (χ0n) is 12.0. The Morgan fingerprint density at radius 1 is 1.38 bits per heavy atom. The van der Waals surface area contributed by atoms with E-state index in [1.54, 1.807) is 12.5 Å². The van der Waals surface area contributed by atoms with E-state index in [0.717, 1.165) is 30.9 Å². The Hall–Kier alpha value is -2.14. The molecule has 1 fully saturated rings. The number of rotatable bonds is 5. The SMILES string of the molecule is O=C(CCC1CCNC1)Nc1ccc(-n2ccnc2)cc1. The third-order valence-corrected chi connectivity index (χ3v) is 3.90. The predicted octanol–water partition coefficient (Wildman–Crippen LogP) is 2.20. The van der Waals surface area contributed by atoms with Crippen LogP contribution in [0.5, 0.6) is 0 Å². The standard InChI is InChI=1S/C16H20N4O/c21-16(6-1-13-7-8-17-11-13)19-14-2-4-15(5-3-14)20-10-9-18-12-20/h2-5,9-10,12-13,17H,1,6-8,11H2,(H,19,21). The van der Waals surface area contributed by atoms with Crippen LogP contribution in [0.1, 0.15) is 19.3 Å². The second kappa shape index (κ2) is 6.54. The van der Waals surface area contributed by atoms with Gasteiger partial charge in [-0.15, -0.1) is 0 Å². The van der Waals surface area contributed by atoms with Gasteiger partial charge in [0, 0.05) is 30.2 Å². The molecule has 1 saturated heterocycles. The summed E-state index contributed by atoms with van der Waals surface area (Å²) < 4.78 is 1.93. The molecule has 1 aromatic carbocycles. The monoisotopic (exact) mass is 284 g/mol. The molecule has 0 aliphatic carbocycles. The first-order chi connectivity index (χ1) is 10.3. The van der Waals surface area contributed by atoms with E-state index in [4.69, 9.17) is 0 Å². The number of benzene rings is 1. The lowest BCUT2D eigenvalue weighted by molar-refractivity contribution is -0.116. The molecule has 1 amide bonds. The molecule has 1 atom stereocenters. The van der Waals surface area contributed by atoms with E-state index in [2.05, 4.69) is 15.6 Å². The van der Waals surface area contributed by atoms with Crippen LogP contribution in [0.2, 0.25) is 0 Å². The van der Waals surface area contributed by atoms with Gasteiger partial charge < -0.3 is 15.2 Å². The van der Waals surface area contributed by atoms with Gasteiger partial charge in [-0.2, -0.15) is 0 Å². The highest BCUT2D eigenvalue weighted by Gasteiger charge is 2.15. The third-order valence-electron chi connectivity index (χ3n) is 3.90. The van der Waals surface area contributed by atoms with E-state index in [0.29, 0.717) is 12.3 Å². The molecule has 0 bridgehead atoms.